The monoisotopic (exact) mass is 438 g/mol. The van der Waals surface area contributed by atoms with Crippen LogP contribution in [0.5, 0.6) is 5.75 Å². The van der Waals surface area contributed by atoms with E-state index < -0.39 is 17.9 Å². The van der Waals surface area contributed by atoms with E-state index in [2.05, 4.69) is 4.74 Å². The highest BCUT2D eigenvalue weighted by Crippen LogP contribution is 2.35. The summed E-state index contributed by atoms with van der Waals surface area (Å²) < 4.78 is 25.1. The average molecular weight is 440 g/mol. The summed E-state index contributed by atoms with van der Waals surface area (Å²) in [6.07, 6.45) is -0.722. The van der Waals surface area contributed by atoms with E-state index in [4.69, 9.17) is 39.5 Å². The summed E-state index contributed by atoms with van der Waals surface area (Å²) in [4.78, 5) is 11.6. The van der Waals surface area contributed by atoms with Crippen molar-refractivity contribution in [2.45, 2.75) is 6.10 Å². The minimum Gasteiger partial charge on any atom is -0.478 e. The van der Waals surface area contributed by atoms with Gasteiger partial charge in [0.1, 0.15) is 0 Å². The summed E-state index contributed by atoms with van der Waals surface area (Å²) in [6.45, 7) is 0. The van der Waals surface area contributed by atoms with Crippen LogP contribution in [-0.4, -0.2) is 13.1 Å². The molecule has 0 aliphatic carbocycles. The number of esters is 1. The van der Waals surface area contributed by atoms with Crippen LogP contribution in [-0.2, 0) is 4.74 Å². The SMILES string of the molecule is COC(=O)c1ccc(OC(c2ccc(Cl)cc2)c2ccc(Cl)cc2Cl)c(F)c1. The molecule has 0 saturated heterocycles. The molecule has 1 atom stereocenters. The maximum atomic E-state index is 14.6. The maximum Gasteiger partial charge on any atom is 0.337 e. The molecule has 0 aliphatic rings. The number of halogens is 4. The molecule has 0 spiro atoms. The highest BCUT2D eigenvalue weighted by atomic mass is 35.5. The fourth-order valence-electron chi connectivity index (χ4n) is 2.63. The van der Waals surface area contributed by atoms with Crippen molar-refractivity contribution in [3.05, 3.63) is 98.2 Å². The van der Waals surface area contributed by atoms with Crippen LogP contribution in [0.2, 0.25) is 15.1 Å². The Morgan fingerprint density at radius 2 is 1.61 bits per heavy atom. The second-order valence-corrected chi connectivity index (χ2v) is 7.13. The van der Waals surface area contributed by atoms with E-state index in [0.29, 0.717) is 26.2 Å². The Kier molecular flexibility index (Phi) is 6.45. The van der Waals surface area contributed by atoms with Gasteiger partial charge in [0.2, 0.25) is 0 Å². The zero-order chi connectivity index (χ0) is 20.3. The summed E-state index contributed by atoms with van der Waals surface area (Å²) in [5.74, 6) is -1.38. The molecular weight excluding hydrogens is 426 g/mol. The number of ether oxygens (including phenoxy) is 2. The third-order valence-corrected chi connectivity index (χ3v) is 4.83. The van der Waals surface area contributed by atoms with E-state index in [-0.39, 0.29) is 11.3 Å². The van der Waals surface area contributed by atoms with Gasteiger partial charge in [-0.05, 0) is 48.0 Å². The Morgan fingerprint density at radius 1 is 0.929 bits per heavy atom. The third kappa shape index (κ3) is 4.58. The van der Waals surface area contributed by atoms with E-state index in [1.54, 1.807) is 42.5 Å². The van der Waals surface area contributed by atoms with Crippen LogP contribution >= 0.6 is 34.8 Å². The Morgan fingerprint density at radius 3 is 2.21 bits per heavy atom. The standard InChI is InChI=1S/C21H14Cl3FO3/c1-27-21(26)13-4-9-19(18(25)10-13)28-20(12-2-5-14(22)6-3-12)16-8-7-15(23)11-17(16)24/h2-11,20H,1H3. The zero-order valence-corrected chi connectivity index (χ0v) is 16.9. The van der Waals surface area contributed by atoms with Crippen molar-refractivity contribution in [3.63, 3.8) is 0 Å². The number of carbonyl (C=O) groups excluding carboxylic acids is 1. The van der Waals surface area contributed by atoms with Crippen molar-refractivity contribution in [2.75, 3.05) is 7.11 Å². The lowest BCUT2D eigenvalue weighted by Crippen LogP contribution is -2.11. The molecule has 0 heterocycles. The molecule has 3 aromatic rings. The molecule has 0 N–H and O–H groups in total. The molecule has 3 aromatic carbocycles. The highest BCUT2D eigenvalue weighted by molar-refractivity contribution is 6.35. The van der Waals surface area contributed by atoms with Crippen LogP contribution in [0, 0.1) is 5.82 Å². The van der Waals surface area contributed by atoms with Gasteiger partial charge in [-0.25, -0.2) is 9.18 Å². The van der Waals surface area contributed by atoms with Gasteiger partial charge >= 0.3 is 5.97 Å². The lowest BCUT2D eigenvalue weighted by Gasteiger charge is -2.22. The molecule has 0 amide bonds. The summed E-state index contributed by atoms with van der Waals surface area (Å²) in [5.41, 5.74) is 1.40. The van der Waals surface area contributed by atoms with Crippen LogP contribution in [0.25, 0.3) is 0 Å². The zero-order valence-electron chi connectivity index (χ0n) is 14.6. The first-order chi connectivity index (χ1) is 13.4. The minimum absolute atomic E-state index is 0.0429. The van der Waals surface area contributed by atoms with Crippen LogP contribution < -0.4 is 4.74 Å². The molecule has 0 fully saturated rings. The molecule has 0 saturated carbocycles. The summed E-state index contributed by atoms with van der Waals surface area (Å²) in [6, 6.07) is 15.8. The largest absolute Gasteiger partial charge is 0.478 e. The average Bonchev–Trinajstić information content (AvgIpc) is 2.68. The van der Waals surface area contributed by atoms with Gasteiger partial charge in [-0.1, -0.05) is 53.0 Å². The van der Waals surface area contributed by atoms with E-state index in [0.717, 1.165) is 6.07 Å². The predicted molar refractivity (Wildman–Crippen MR) is 108 cm³/mol. The van der Waals surface area contributed by atoms with E-state index in [1.807, 2.05) is 0 Å². The van der Waals surface area contributed by atoms with Crippen LogP contribution in [0.4, 0.5) is 4.39 Å². The normalized spacial score (nSPS) is 11.8. The van der Waals surface area contributed by atoms with Crippen molar-refractivity contribution in [1.29, 1.82) is 0 Å². The Bertz CT molecular complexity index is 1010. The Balaban J connectivity index is 2.02. The maximum absolute atomic E-state index is 14.6. The number of methoxy groups -OCH3 is 1. The van der Waals surface area contributed by atoms with Crippen molar-refractivity contribution in [2.24, 2.45) is 0 Å². The number of rotatable bonds is 5. The second kappa shape index (κ2) is 8.82. The number of benzene rings is 3. The Labute approximate surface area is 176 Å². The number of hydrogen-bond donors (Lipinski definition) is 0. The molecule has 3 nitrogen and oxygen atoms in total. The van der Waals surface area contributed by atoms with Crippen molar-refractivity contribution in [1.82, 2.24) is 0 Å². The molecule has 1 unspecified atom stereocenters. The highest BCUT2D eigenvalue weighted by Gasteiger charge is 2.22. The quantitative estimate of drug-likeness (QED) is 0.413. The molecule has 0 radical (unpaired) electrons. The van der Waals surface area contributed by atoms with Gasteiger partial charge in [-0.15, -0.1) is 0 Å². The lowest BCUT2D eigenvalue weighted by atomic mass is 10.0. The molecular formula is C21H14Cl3FO3. The molecule has 0 bridgehead atoms. The van der Waals surface area contributed by atoms with Gasteiger partial charge in [0.15, 0.2) is 17.7 Å². The topological polar surface area (TPSA) is 35.5 Å². The molecule has 0 aromatic heterocycles. The van der Waals surface area contributed by atoms with Gasteiger partial charge in [-0.2, -0.15) is 0 Å². The van der Waals surface area contributed by atoms with E-state index in [1.165, 1.54) is 19.2 Å². The first-order valence-corrected chi connectivity index (χ1v) is 9.27. The Hall–Kier alpha value is -2.27. The fraction of sp³-hybridized carbons (Fsp3) is 0.0952. The van der Waals surface area contributed by atoms with Gasteiger partial charge < -0.3 is 9.47 Å². The minimum atomic E-state index is -0.722. The molecule has 3 rings (SSSR count). The smallest absolute Gasteiger partial charge is 0.337 e. The van der Waals surface area contributed by atoms with Crippen LogP contribution in [0.1, 0.15) is 27.6 Å². The number of hydrogen-bond acceptors (Lipinski definition) is 3. The van der Waals surface area contributed by atoms with Gasteiger partial charge in [0.25, 0.3) is 0 Å². The third-order valence-electron chi connectivity index (χ3n) is 4.02. The van der Waals surface area contributed by atoms with Crippen LogP contribution in [0.3, 0.4) is 0 Å². The molecule has 7 heteroatoms. The summed E-state index contributed by atoms with van der Waals surface area (Å²) in [5, 5.41) is 1.40. The molecule has 0 aliphatic heterocycles. The van der Waals surface area contributed by atoms with Gasteiger partial charge in [0.05, 0.1) is 12.7 Å². The molecule has 144 valence electrons. The van der Waals surface area contributed by atoms with E-state index in [9.17, 15) is 9.18 Å². The first-order valence-electron chi connectivity index (χ1n) is 8.14. The fourth-order valence-corrected chi connectivity index (χ4v) is 3.26. The first kappa shape index (κ1) is 20.5. The summed E-state index contributed by atoms with van der Waals surface area (Å²) >= 11 is 18.3. The van der Waals surface area contributed by atoms with Crippen molar-refractivity contribution >= 4 is 40.8 Å². The predicted octanol–water partition coefficient (Wildman–Crippen LogP) is 6.74. The number of carbonyl (C=O) groups is 1. The van der Waals surface area contributed by atoms with Gasteiger partial charge in [0, 0.05) is 20.6 Å². The van der Waals surface area contributed by atoms with E-state index >= 15 is 0 Å². The summed E-state index contributed by atoms with van der Waals surface area (Å²) in [7, 11) is 1.23. The lowest BCUT2D eigenvalue weighted by molar-refractivity contribution is 0.0600. The second-order valence-electron chi connectivity index (χ2n) is 5.85. The van der Waals surface area contributed by atoms with Crippen molar-refractivity contribution in [3.8, 4) is 5.75 Å². The molecule has 28 heavy (non-hydrogen) atoms. The van der Waals surface area contributed by atoms with Crippen LogP contribution in [0.15, 0.2) is 60.7 Å². The van der Waals surface area contributed by atoms with Crippen molar-refractivity contribution < 1.29 is 18.7 Å². The van der Waals surface area contributed by atoms with Gasteiger partial charge in [-0.3, -0.25) is 0 Å².